The van der Waals surface area contributed by atoms with Gasteiger partial charge in [0.2, 0.25) is 0 Å². The zero-order valence-electron chi connectivity index (χ0n) is 7.76. The number of carboxylic acid groups (broad SMARTS) is 1. The molecule has 0 atom stereocenters. The summed E-state index contributed by atoms with van der Waals surface area (Å²) in [6, 6.07) is 0. The van der Waals surface area contributed by atoms with Gasteiger partial charge < -0.3 is 16.1 Å². The van der Waals surface area contributed by atoms with Gasteiger partial charge in [-0.05, 0) is 12.8 Å². The maximum absolute atomic E-state index is 10.5. The van der Waals surface area contributed by atoms with Gasteiger partial charge >= 0.3 is 43.7 Å². The molecule has 4 nitrogen and oxygen atoms in total. The van der Waals surface area contributed by atoms with E-state index in [1.165, 1.54) is 0 Å². The molecule has 13 heavy (non-hydrogen) atoms. The second-order valence-corrected chi connectivity index (χ2v) is 2.61. The summed E-state index contributed by atoms with van der Waals surface area (Å²) in [6.45, 7) is 4.04. The summed E-state index contributed by atoms with van der Waals surface area (Å²) in [4.78, 5) is 10.5. The van der Waals surface area contributed by atoms with Crippen molar-refractivity contribution in [3.05, 3.63) is 0 Å². The average molecular weight is 222 g/mol. The quantitative estimate of drug-likeness (QED) is 0.647. The summed E-state index contributed by atoms with van der Waals surface area (Å²) in [7, 11) is 0. The summed E-state index contributed by atoms with van der Waals surface area (Å²) in [6.07, 6.45) is 3.58. The van der Waals surface area contributed by atoms with Gasteiger partial charge in [0, 0.05) is 0 Å². The average Bonchev–Trinajstić information content (AvgIpc) is 1.87. The molecule has 0 aromatic rings. The van der Waals surface area contributed by atoms with Crippen molar-refractivity contribution in [2.45, 2.75) is 39.5 Å². The number of aliphatic carboxylic acids is 1. The van der Waals surface area contributed by atoms with Gasteiger partial charge in [-0.3, -0.25) is 4.79 Å². The SMILES string of the molecule is CCCC(CCC)C(=O)O.O.O.[CaH2]. The molecule has 0 saturated carbocycles. The molecule has 0 radical (unpaired) electrons. The Morgan fingerprint density at radius 2 is 1.46 bits per heavy atom. The van der Waals surface area contributed by atoms with Gasteiger partial charge in [0.15, 0.2) is 0 Å². The molecule has 0 aliphatic carbocycles. The second kappa shape index (κ2) is 15.1. The van der Waals surface area contributed by atoms with Gasteiger partial charge in [0.25, 0.3) is 0 Å². The number of carboxylic acids is 1. The third-order valence-electron chi connectivity index (χ3n) is 1.62. The zero-order chi connectivity index (χ0) is 7.98. The molecule has 0 bridgehead atoms. The predicted octanol–water partition coefficient (Wildman–Crippen LogP) is -0.278. The monoisotopic (exact) mass is 222 g/mol. The maximum atomic E-state index is 10.5. The van der Waals surface area contributed by atoms with Crippen LogP contribution in [0.2, 0.25) is 0 Å². The van der Waals surface area contributed by atoms with Gasteiger partial charge in [-0.15, -0.1) is 0 Å². The molecule has 5 heteroatoms. The van der Waals surface area contributed by atoms with E-state index in [0.717, 1.165) is 25.7 Å². The van der Waals surface area contributed by atoms with Crippen LogP contribution in [0.25, 0.3) is 0 Å². The molecule has 0 aliphatic rings. The fourth-order valence-electron chi connectivity index (χ4n) is 1.09. The van der Waals surface area contributed by atoms with E-state index in [9.17, 15) is 4.79 Å². The van der Waals surface area contributed by atoms with Crippen molar-refractivity contribution in [1.29, 1.82) is 0 Å². The van der Waals surface area contributed by atoms with Crippen molar-refractivity contribution in [1.82, 2.24) is 0 Å². The Hall–Kier alpha value is 0.650. The first-order valence-electron chi connectivity index (χ1n) is 3.95. The minimum absolute atomic E-state index is 0. The Labute approximate surface area is 109 Å². The Bertz CT molecular complexity index is 102. The third kappa shape index (κ3) is 12.6. The predicted molar refractivity (Wildman–Crippen MR) is 56.7 cm³/mol. The standard InChI is InChI=1S/C8H16O2.Ca.2H2O.2H/c1-3-5-7(6-4-2)8(9)10;;;;;/h7H,3-6H2,1-2H3,(H,9,10);;2*1H2;;. The zero-order valence-corrected chi connectivity index (χ0v) is 7.76. The molecule has 0 unspecified atom stereocenters. The van der Waals surface area contributed by atoms with Crippen LogP contribution in [-0.2, 0) is 4.79 Å². The van der Waals surface area contributed by atoms with E-state index in [-0.39, 0.29) is 54.6 Å². The number of rotatable bonds is 5. The van der Waals surface area contributed by atoms with E-state index < -0.39 is 5.97 Å². The molecular weight excluding hydrogens is 200 g/mol. The molecule has 0 fully saturated rings. The molecule has 0 amide bonds. The topological polar surface area (TPSA) is 100 Å². The van der Waals surface area contributed by atoms with Gasteiger partial charge in [-0.2, -0.15) is 0 Å². The molecule has 0 heterocycles. The molecule has 0 rings (SSSR count). The molecule has 0 aromatic carbocycles. The van der Waals surface area contributed by atoms with E-state index in [0.29, 0.717) is 0 Å². The normalized spacial score (nSPS) is 7.92. The van der Waals surface area contributed by atoms with E-state index in [2.05, 4.69) is 0 Å². The fourth-order valence-corrected chi connectivity index (χ4v) is 1.09. The van der Waals surface area contributed by atoms with Crippen LogP contribution in [0.5, 0.6) is 0 Å². The number of carbonyl (C=O) groups is 1. The number of hydrogen-bond donors (Lipinski definition) is 1. The van der Waals surface area contributed by atoms with Crippen LogP contribution in [0, 0.1) is 5.92 Å². The fraction of sp³-hybridized carbons (Fsp3) is 0.875. The van der Waals surface area contributed by atoms with Crippen molar-refractivity contribution in [2.75, 3.05) is 0 Å². The van der Waals surface area contributed by atoms with Crippen LogP contribution < -0.4 is 0 Å². The summed E-state index contributed by atoms with van der Waals surface area (Å²) in [5.41, 5.74) is 0. The molecule has 80 valence electrons. The summed E-state index contributed by atoms with van der Waals surface area (Å²) in [5, 5.41) is 8.64. The Kier molecular flexibility index (Phi) is 27.3. The van der Waals surface area contributed by atoms with E-state index >= 15 is 0 Å². The number of hydrogen-bond acceptors (Lipinski definition) is 1. The van der Waals surface area contributed by atoms with E-state index in [4.69, 9.17) is 5.11 Å². The van der Waals surface area contributed by atoms with Gasteiger partial charge in [-0.25, -0.2) is 0 Å². The van der Waals surface area contributed by atoms with Crippen molar-refractivity contribution in [3.63, 3.8) is 0 Å². The molecule has 0 aromatic heterocycles. The first kappa shape index (κ1) is 23.5. The van der Waals surface area contributed by atoms with Crippen LogP contribution >= 0.6 is 0 Å². The van der Waals surface area contributed by atoms with Crippen LogP contribution in [-0.4, -0.2) is 59.8 Å². The van der Waals surface area contributed by atoms with Crippen LogP contribution in [0.1, 0.15) is 39.5 Å². The summed E-state index contributed by atoms with van der Waals surface area (Å²) < 4.78 is 0. The minimum atomic E-state index is -0.635. The third-order valence-corrected chi connectivity index (χ3v) is 1.62. The Morgan fingerprint density at radius 1 is 1.15 bits per heavy atom. The first-order chi connectivity index (χ1) is 4.72. The van der Waals surface area contributed by atoms with Crippen molar-refractivity contribution < 1.29 is 20.9 Å². The van der Waals surface area contributed by atoms with E-state index in [1.807, 2.05) is 13.8 Å². The van der Waals surface area contributed by atoms with Crippen LogP contribution in [0.4, 0.5) is 0 Å². The van der Waals surface area contributed by atoms with Gasteiger partial charge in [0.05, 0.1) is 5.92 Å². The Morgan fingerprint density at radius 3 is 1.62 bits per heavy atom. The van der Waals surface area contributed by atoms with Gasteiger partial charge in [0.1, 0.15) is 0 Å². The van der Waals surface area contributed by atoms with Gasteiger partial charge in [-0.1, -0.05) is 26.7 Å². The van der Waals surface area contributed by atoms with Crippen molar-refractivity contribution in [3.8, 4) is 0 Å². The van der Waals surface area contributed by atoms with Crippen molar-refractivity contribution >= 4 is 43.7 Å². The molecular formula is C8H22CaO4. The van der Waals surface area contributed by atoms with Crippen molar-refractivity contribution in [2.24, 2.45) is 5.92 Å². The molecule has 0 saturated heterocycles. The summed E-state index contributed by atoms with van der Waals surface area (Å²) >= 11 is 0. The van der Waals surface area contributed by atoms with Crippen LogP contribution in [0.15, 0.2) is 0 Å². The second-order valence-electron chi connectivity index (χ2n) is 2.61. The van der Waals surface area contributed by atoms with Crippen LogP contribution in [0.3, 0.4) is 0 Å². The molecule has 0 aliphatic heterocycles. The molecule has 0 spiro atoms. The Balaban J connectivity index is -0.000000135. The van der Waals surface area contributed by atoms with E-state index in [1.54, 1.807) is 0 Å². The first-order valence-corrected chi connectivity index (χ1v) is 3.95. The molecule has 5 N–H and O–H groups in total. The summed E-state index contributed by atoms with van der Waals surface area (Å²) in [5.74, 6) is -0.737.